The molecule has 0 bridgehead atoms. The maximum absolute atomic E-state index is 15.1. The van der Waals surface area contributed by atoms with Crippen molar-refractivity contribution in [3.05, 3.63) is 90.5 Å². The molecular weight excluding hydrogens is 634 g/mol. The SMILES string of the molecule is COCCNCc1ccc(-c2cc3nccc(Oc4ccc(NC(=O)CC(=O)Nc5cccc(S(C)(=O)=O)c5)cc4F)c3s2)nc1. The first-order chi connectivity index (χ1) is 22.1. The summed E-state index contributed by atoms with van der Waals surface area (Å²) in [5.41, 5.74) is 2.85. The maximum atomic E-state index is 15.1. The summed E-state index contributed by atoms with van der Waals surface area (Å²) in [6.45, 7) is 2.05. The number of nitrogens with zero attached hydrogens (tertiary/aromatic N) is 2. The molecule has 0 radical (unpaired) electrons. The largest absolute Gasteiger partial charge is 0.453 e. The highest BCUT2D eigenvalue weighted by Gasteiger charge is 2.16. The number of nitrogens with one attached hydrogen (secondary N) is 3. The standard InChI is InChI=1S/C32H30FN5O6S2/c1-43-13-12-34-18-20-6-8-25(36-19-20)29-16-26-32(45-29)28(10-11-35-26)44-27-9-7-22(15-24(27)33)38-31(40)17-30(39)37-21-4-3-5-23(14-21)46(2,41)42/h3-11,14-16,19,34H,12-13,17-18H2,1-2H3,(H,37,39)(H,38,40). The molecular formula is C32H30FN5O6S2. The van der Waals surface area contributed by atoms with Gasteiger partial charge in [0.2, 0.25) is 11.8 Å². The van der Waals surface area contributed by atoms with E-state index in [9.17, 15) is 18.0 Å². The zero-order chi connectivity index (χ0) is 32.7. The summed E-state index contributed by atoms with van der Waals surface area (Å²) in [5.74, 6) is -1.73. The summed E-state index contributed by atoms with van der Waals surface area (Å²) in [6, 6.07) is 17.1. The average Bonchev–Trinajstić information content (AvgIpc) is 3.46. The number of sulfone groups is 1. The van der Waals surface area contributed by atoms with Gasteiger partial charge in [0.15, 0.2) is 21.4 Å². The van der Waals surface area contributed by atoms with Crippen LogP contribution in [0.3, 0.4) is 0 Å². The summed E-state index contributed by atoms with van der Waals surface area (Å²) in [5, 5.41) is 8.25. The van der Waals surface area contributed by atoms with Gasteiger partial charge in [0.1, 0.15) is 12.2 Å². The number of amides is 2. The van der Waals surface area contributed by atoms with E-state index >= 15 is 4.39 Å². The first-order valence-corrected chi connectivity index (χ1v) is 16.7. The van der Waals surface area contributed by atoms with Crippen LogP contribution in [-0.2, 0) is 30.7 Å². The highest BCUT2D eigenvalue weighted by molar-refractivity contribution is 7.90. The molecule has 0 fully saturated rings. The van der Waals surface area contributed by atoms with Gasteiger partial charge in [-0.15, -0.1) is 11.3 Å². The second-order valence-electron chi connectivity index (χ2n) is 10.2. The molecule has 2 aromatic carbocycles. The fraction of sp³-hybridized carbons (Fsp3) is 0.188. The number of fused-ring (bicyclic) bond motifs is 1. The van der Waals surface area contributed by atoms with Crippen molar-refractivity contribution >= 4 is 54.6 Å². The first-order valence-electron chi connectivity index (χ1n) is 14.0. The molecule has 11 nitrogen and oxygen atoms in total. The van der Waals surface area contributed by atoms with Crippen LogP contribution >= 0.6 is 11.3 Å². The number of hydrogen-bond donors (Lipinski definition) is 3. The molecule has 0 spiro atoms. The van der Waals surface area contributed by atoms with Crippen molar-refractivity contribution < 1.29 is 31.9 Å². The van der Waals surface area contributed by atoms with Crippen molar-refractivity contribution in [1.29, 1.82) is 0 Å². The van der Waals surface area contributed by atoms with Gasteiger partial charge in [-0.3, -0.25) is 19.6 Å². The highest BCUT2D eigenvalue weighted by atomic mass is 32.2. The van der Waals surface area contributed by atoms with Crippen molar-refractivity contribution in [2.45, 2.75) is 17.9 Å². The Hall–Kier alpha value is -4.76. The van der Waals surface area contributed by atoms with Gasteiger partial charge < -0.3 is 25.4 Å². The lowest BCUT2D eigenvalue weighted by molar-refractivity contribution is -0.123. The van der Waals surface area contributed by atoms with Crippen LogP contribution in [0, 0.1) is 5.82 Å². The molecule has 5 aromatic rings. The number of rotatable bonds is 13. The van der Waals surface area contributed by atoms with Gasteiger partial charge in [0, 0.05) is 62.4 Å². The minimum atomic E-state index is -3.47. The fourth-order valence-corrected chi connectivity index (χ4v) is 6.05. The molecule has 3 heterocycles. The number of carbonyl (C=O) groups excluding carboxylic acids is 2. The number of halogens is 1. The third kappa shape index (κ3) is 8.48. The van der Waals surface area contributed by atoms with E-state index in [1.807, 2.05) is 24.4 Å². The smallest absolute Gasteiger partial charge is 0.233 e. The van der Waals surface area contributed by atoms with Crippen LogP contribution in [-0.4, -0.2) is 56.7 Å². The summed E-state index contributed by atoms with van der Waals surface area (Å²) >= 11 is 1.42. The predicted molar refractivity (Wildman–Crippen MR) is 174 cm³/mol. The Morgan fingerprint density at radius 2 is 1.72 bits per heavy atom. The van der Waals surface area contributed by atoms with Crippen molar-refractivity contribution in [2.24, 2.45) is 0 Å². The van der Waals surface area contributed by atoms with Crippen LogP contribution in [0.5, 0.6) is 11.5 Å². The first kappa shape index (κ1) is 32.6. The van der Waals surface area contributed by atoms with E-state index in [0.717, 1.165) is 39.7 Å². The van der Waals surface area contributed by atoms with Gasteiger partial charge in [-0.25, -0.2) is 12.8 Å². The Labute approximate surface area is 268 Å². The quantitative estimate of drug-likeness (QED) is 0.111. The van der Waals surface area contributed by atoms with Gasteiger partial charge in [0.25, 0.3) is 0 Å². The number of methoxy groups -OCH3 is 1. The van der Waals surface area contributed by atoms with Crippen LogP contribution in [0.2, 0.25) is 0 Å². The number of pyridine rings is 2. The Morgan fingerprint density at radius 3 is 2.41 bits per heavy atom. The summed E-state index contributed by atoms with van der Waals surface area (Å²) < 4.78 is 50.2. The van der Waals surface area contributed by atoms with E-state index in [1.54, 1.807) is 19.4 Å². The fourth-order valence-electron chi connectivity index (χ4n) is 4.34. The Balaban J connectivity index is 1.21. The predicted octanol–water partition coefficient (Wildman–Crippen LogP) is 5.40. The summed E-state index contributed by atoms with van der Waals surface area (Å²) in [4.78, 5) is 34.7. The molecule has 0 saturated heterocycles. The number of ether oxygens (including phenoxy) is 2. The minimum Gasteiger partial charge on any atom is -0.453 e. The second kappa shape index (κ2) is 14.6. The molecule has 0 aliphatic carbocycles. The molecule has 0 unspecified atom stereocenters. The number of carbonyl (C=O) groups is 2. The van der Waals surface area contributed by atoms with Crippen molar-refractivity contribution in [2.75, 3.05) is 37.2 Å². The van der Waals surface area contributed by atoms with Crippen LogP contribution in [0.15, 0.2) is 84.0 Å². The molecule has 3 N–H and O–H groups in total. The van der Waals surface area contributed by atoms with Crippen LogP contribution in [0.4, 0.5) is 15.8 Å². The molecule has 46 heavy (non-hydrogen) atoms. The molecule has 2 amide bonds. The number of thiophene rings is 1. The van der Waals surface area contributed by atoms with Gasteiger partial charge >= 0.3 is 0 Å². The third-order valence-corrected chi connectivity index (χ3v) is 8.84. The van der Waals surface area contributed by atoms with Crippen molar-refractivity contribution in [1.82, 2.24) is 15.3 Å². The molecule has 14 heteroatoms. The lowest BCUT2D eigenvalue weighted by Crippen LogP contribution is -2.21. The molecule has 3 aromatic heterocycles. The third-order valence-electron chi connectivity index (χ3n) is 6.57. The second-order valence-corrected chi connectivity index (χ2v) is 13.2. The van der Waals surface area contributed by atoms with Gasteiger partial charge in [-0.05, 0) is 48.0 Å². The number of hydrogen-bond acceptors (Lipinski definition) is 10. The molecule has 0 saturated carbocycles. The Morgan fingerprint density at radius 1 is 0.935 bits per heavy atom. The van der Waals surface area contributed by atoms with E-state index in [1.165, 1.54) is 47.7 Å². The van der Waals surface area contributed by atoms with Crippen molar-refractivity contribution in [3.8, 4) is 22.1 Å². The Kier molecular flexibility index (Phi) is 10.3. The molecule has 5 rings (SSSR count). The topological polar surface area (TPSA) is 149 Å². The lowest BCUT2D eigenvalue weighted by atomic mass is 10.2. The molecule has 0 atom stereocenters. The Bertz CT molecular complexity index is 1980. The zero-order valence-electron chi connectivity index (χ0n) is 24.9. The molecule has 0 aliphatic rings. The molecule has 0 aliphatic heterocycles. The lowest BCUT2D eigenvalue weighted by Gasteiger charge is -2.10. The zero-order valence-corrected chi connectivity index (χ0v) is 26.5. The van der Waals surface area contributed by atoms with E-state index in [2.05, 4.69) is 25.9 Å². The molecule has 238 valence electrons. The number of anilines is 2. The van der Waals surface area contributed by atoms with Crippen LogP contribution in [0.1, 0.15) is 12.0 Å². The van der Waals surface area contributed by atoms with Gasteiger partial charge in [-0.1, -0.05) is 12.1 Å². The monoisotopic (exact) mass is 663 g/mol. The van der Waals surface area contributed by atoms with Crippen LogP contribution in [0.25, 0.3) is 20.8 Å². The van der Waals surface area contributed by atoms with E-state index < -0.39 is 33.9 Å². The number of aromatic nitrogens is 2. The van der Waals surface area contributed by atoms with E-state index in [-0.39, 0.29) is 22.0 Å². The van der Waals surface area contributed by atoms with E-state index in [4.69, 9.17) is 9.47 Å². The van der Waals surface area contributed by atoms with Crippen molar-refractivity contribution in [3.63, 3.8) is 0 Å². The van der Waals surface area contributed by atoms with Gasteiger partial charge in [-0.2, -0.15) is 0 Å². The average molecular weight is 664 g/mol. The van der Waals surface area contributed by atoms with E-state index in [0.29, 0.717) is 24.4 Å². The maximum Gasteiger partial charge on any atom is 0.233 e. The number of benzene rings is 2. The normalized spacial score (nSPS) is 11.4. The van der Waals surface area contributed by atoms with Crippen LogP contribution < -0.4 is 20.7 Å². The highest BCUT2D eigenvalue weighted by Crippen LogP contribution is 2.39. The minimum absolute atomic E-state index is 0.0319. The summed E-state index contributed by atoms with van der Waals surface area (Å²) in [7, 11) is -1.81. The van der Waals surface area contributed by atoms with Gasteiger partial charge in [0.05, 0.1) is 32.3 Å². The summed E-state index contributed by atoms with van der Waals surface area (Å²) in [6.07, 6.45) is 3.87.